The SMILES string of the molecule is CC[C@@H]1C[C@@H]2C(c3ccccc3)=CC=C[C@@H]2C1[Si](C)(C)N1c2ccccc2Nc2ccccc21. The van der Waals surface area contributed by atoms with Crippen molar-refractivity contribution in [3.8, 4) is 0 Å². The van der Waals surface area contributed by atoms with Crippen molar-refractivity contribution < 1.29 is 0 Å². The van der Waals surface area contributed by atoms with Crippen molar-refractivity contribution >= 4 is 36.6 Å². The van der Waals surface area contributed by atoms with Gasteiger partial charge in [0.1, 0.15) is 0 Å². The molecule has 1 saturated carbocycles. The summed E-state index contributed by atoms with van der Waals surface area (Å²) in [6.45, 7) is 7.65. The quantitative estimate of drug-likeness (QED) is 0.390. The molecule has 2 nitrogen and oxygen atoms in total. The molecule has 172 valence electrons. The number of hydrogen-bond acceptors (Lipinski definition) is 2. The van der Waals surface area contributed by atoms with Crippen LogP contribution < -0.4 is 9.88 Å². The Morgan fingerprint density at radius 1 is 0.853 bits per heavy atom. The molecule has 0 spiro atoms. The molecule has 1 aliphatic heterocycles. The molecule has 0 saturated heterocycles. The first kappa shape index (κ1) is 21.5. The van der Waals surface area contributed by atoms with Crippen molar-refractivity contribution in [1.82, 2.24) is 0 Å². The van der Waals surface area contributed by atoms with Gasteiger partial charge in [-0.1, -0.05) is 99.3 Å². The molecule has 3 aliphatic rings. The van der Waals surface area contributed by atoms with Gasteiger partial charge in [0.25, 0.3) is 0 Å². The Labute approximate surface area is 205 Å². The van der Waals surface area contributed by atoms with Crippen LogP contribution in [0.4, 0.5) is 22.7 Å². The predicted octanol–water partition coefficient (Wildman–Crippen LogP) is 8.77. The monoisotopic (exact) mass is 462 g/mol. The fourth-order valence-corrected chi connectivity index (χ4v) is 11.9. The topological polar surface area (TPSA) is 15.3 Å². The molecule has 2 aliphatic carbocycles. The lowest BCUT2D eigenvalue weighted by atomic mass is 9.81. The number of fused-ring (bicyclic) bond motifs is 3. The first-order chi connectivity index (χ1) is 16.6. The van der Waals surface area contributed by atoms with Crippen LogP contribution in [0.15, 0.2) is 97.1 Å². The van der Waals surface area contributed by atoms with Crippen molar-refractivity contribution in [1.29, 1.82) is 0 Å². The number of rotatable bonds is 4. The maximum absolute atomic E-state index is 3.70. The van der Waals surface area contributed by atoms with Crippen molar-refractivity contribution in [2.75, 3.05) is 9.88 Å². The summed E-state index contributed by atoms with van der Waals surface area (Å²) in [6, 6.07) is 28.8. The molecule has 0 amide bonds. The summed E-state index contributed by atoms with van der Waals surface area (Å²) in [7, 11) is -1.98. The van der Waals surface area contributed by atoms with Crippen molar-refractivity contribution in [3.05, 3.63) is 103 Å². The Kier molecular flexibility index (Phi) is 5.26. The van der Waals surface area contributed by atoms with Crippen LogP contribution in [-0.4, -0.2) is 8.24 Å². The molecule has 3 aromatic rings. The molecular formula is C31H34N2Si. The summed E-state index contributed by atoms with van der Waals surface area (Å²) >= 11 is 0. The van der Waals surface area contributed by atoms with Gasteiger partial charge in [-0.25, -0.2) is 0 Å². The zero-order valence-corrected chi connectivity index (χ0v) is 21.4. The van der Waals surface area contributed by atoms with Crippen LogP contribution in [0.2, 0.25) is 18.6 Å². The molecule has 0 aromatic heterocycles. The van der Waals surface area contributed by atoms with Crippen LogP contribution in [0, 0.1) is 17.8 Å². The van der Waals surface area contributed by atoms with Gasteiger partial charge in [-0.05, 0) is 65.1 Å². The molecule has 1 unspecified atom stereocenters. The molecule has 3 aromatic carbocycles. The van der Waals surface area contributed by atoms with E-state index in [4.69, 9.17) is 0 Å². The van der Waals surface area contributed by atoms with Gasteiger partial charge in [0.15, 0.2) is 8.24 Å². The zero-order valence-electron chi connectivity index (χ0n) is 20.4. The number of anilines is 4. The van der Waals surface area contributed by atoms with Gasteiger partial charge < -0.3 is 9.88 Å². The number of allylic oxidation sites excluding steroid dienone is 4. The first-order valence-corrected chi connectivity index (χ1v) is 15.8. The molecule has 4 atom stereocenters. The molecular weight excluding hydrogens is 428 g/mol. The molecule has 6 rings (SSSR count). The van der Waals surface area contributed by atoms with Crippen LogP contribution in [0.25, 0.3) is 5.57 Å². The van der Waals surface area contributed by atoms with E-state index in [1.807, 2.05) is 0 Å². The summed E-state index contributed by atoms with van der Waals surface area (Å²) in [5.41, 5.74) is 8.77. The maximum Gasteiger partial charge on any atom is 0.160 e. The summed E-state index contributed by atoms with van der Waals surface area (Å²) < 4.78 is 2.78. The highest BCUT2D eigenvalue weighted by Crippen LogP contribution is 2.60. The Morgan fingerprint density at radius 2 is 1.47 bits per heavy atom. The minimum atomic E-state index is -1.98. The van der Waals surface area contributed by atoms with E-state index >= 15 is 0 Å². The maximum atomic E-state index is 3.70. The predicted molar refractivity (Wildman–Crippen MR) is 148 cm³/mol. The number of nitrogens with zero attached hydrogens (tertiary/aromatic N) is 1. The van der Waals surface area contributed by atoms with Gasteiger partial charge in [-0.2, -0.15) is 0 Å². The number of para-hydroxylation sites is 4. The lowest BCUT2D eigenvalue weighted by Gasteiger charge is -2.49. The summed E-state index contributed by atoms with van der Waals surface area (Å²) in [5.74, 6) is 1.95. The van der Waals surface area contributed by atoms with E-state index in [0.29, 0.717) is 17.4 Å². The van der Waals surface area contributed by atoms with E-state index in [0.717, 1.165) is 5.92 Å². The summed E-state index contributed by atoms with van der Waals surface area (Å²) in [6.07, 6.45) is 9.82. The van der Waals surface area contributed by atoms with E-state index in [-0.39, 0.29) is 0 Å². The average Bonchev–Trinajstić information content (AvgIpc) is 3.27. The normalized spacial score (nSPS) is 25.1. The molecule has 3 heteroatoms. The second kappa shape index (κ2) is 8.32. The first-order valence-electron chi connectivity index (χ1n) is 12.8. The van der Waals surface area contributed by atoms with E-state index in [1.165, 1.54) is 41.2 Å². The Hall–Kier alpha value is -3.04. The number of hydrogen-bond donors (Lipinski definition) is 1. The van der Waals surface area contributed by atoms with Crippen LogP contribution in [0.1, 0.15) is 25.3 Å². The van der Waals surface area contributed by atoms with Crippen molar-refractivity contribution in [2.24, 2.45) is 17.8 Å². The fourth-order valence-electron chi connectivity index (χ4n) is 7.20. The minimum absolute atomic E-state index is 0.598. The third kappa shape index (κ3) is 3.29. The van der Waals surface area contributed by atoms with Crippen LogP contribution >= 0.6 is 0 Å². The fraction of sp³-hybridized carbons (Fsp3) is 0.290. The highest BCUT2D eigenvalue weighted by molar-refractivity contribution is 6.84. The van der Waals surface area contributed by atoms with Gasteiger partial charge in [0.2, 0.25) is 0 Å². The Bertz CT molecular complexity index is 1210. The highest BCUT2D eigenvalue weighted by Gasteiger charge is 2.54. The lowest BCUT2D eigenvalue weighted by molar-refractivity contribution is 0.499. The van der Waals surface area contributed by atoms with E-state index in [2.05, 4.69) is 127 Å². The van der Waals surface area contributed by atoms with E-state index < -0.39 is 8.24 Å². The molecule has 0 bridgehead atoms. The smallest absolute Gasteiger partial charge is 0.160 e. The zero-order chi connectivity index (χ0) is 23.3. The summed E-state index contributed by atoms with van der Waals surface area (Å²) in [5, 5.41) is 3.70. The highest BCUT2D eigenvalue weighted by atomic mass is 28.3. The Balaban J connectivity index is 1.45. The Morgan fingerprint density at radius 3 is 2.12 bits per heavy atom. The second-order valence-electron chi connectivity index (χ2n) is 10.6. The van der Waals surface area contributed by atoms with E-state index in [1.54, 1.807) is 5.57 Å². The lowest BCUT2D eigenvalue weighted by Crippen LogP contribution is -2.53. The molecule has 0 radical (unpaired) electrons. The van der Waals surface area contributed by atoms with Gasteiger partial charge in [-0.3, -0.25) is 0 Å². The second-order valence-corrected chi connectivity index (χ2v) is 15.1. The molecule has 1 N–H and O–H groups in total. The number of benzene rings is 3. The number of nitrogens with one attached hydrogen (secondary N) is 1. The molecule has 1 fully saturated rings. The van der Waals surface area contributed by atoms with Gasteiger partial charge in [0.05, 0.1) is 22.7 Å². The average molecular weight is 463 g/mol. The van der Waals surface area contributed by atoms with Gasteiger partial charge in [-0.15, -0.1) is 0 Å². The molecule has 1 heterocycles. The van der Waals surface area contributed by atoms with Crippen LogP contribution in [0.3, 0.4) is 0 Å². The molecule has 34 heavy (non-hydrogen) atoms. The largest absolute Gasteiger partial charge is 0.366 e. The van der Waals surface area contributed by atoms with Crippen LogP contribution in [0.5, 0.6) is 0 Å². The van der Waals surface area contributed by atoms with Gasteiger partial charge >= 0.3 is 0 Å². The standard InChI is InChI=1S/C31H34N2Si/c1-4-22-21-26-24(23-13-6-5-7-14-23)15-12-16-25(26)31(22)34(2,3)33-29-19-10-8-17-27(29)32-28-18-9-11-20-30(28)33/h5-20,22,25-26,31-32H,4,21H2,1-3H3/t22-,25+,26-,31?/m1/s1. The third-order valence-corrected chi connectivity index (χ3v) is 12.7. The van der Waals surface area contributed by atoms with Crippen molar-refractivity contribution in [3.63, 3.8) is 0 Å². The van der Waals surface area contributed by atoms with Crippen LogP contribution in [-0.2, 0) is 0 Å². The van der Waals surface area contributed by atoms with Gasteiger partial charge in [0, 0.05) is 0 Å². The summed E-state index contributed by atoms with van der Waals surface area (Å²) in [4.78, 5) is 0. The van der Waals surface area contributed by atoms with Crippen molar-refractivity contribution in [2.45, 2.75) is 38.4 Å². The minimum Gasteiger partial charge on any atom is -0.366 e. The third-order valence-electron chi connectivity index (χ3n) is 8.54. The van der Waals surface area contributed by atoms with E-state index in [9.17, 15) is 0 Å².